The van der Waals surface area contributed by atoms with Crippen LogP contribution in [0.5, 0.6) is 0 Å². The van der Waals surface area contributed by atoms with Crippen molar-refractivity contribution in [2.24, 2.45) is 4.99 Å². The number of allylic oxidation sites excluding steroid dienone is 1. The van der Waals surface area contributed by atoms with Crippen LogP contribution in [0.25, 0.3) is 6.08 Å². The van der Waals surface area contributed by atoms with Gasteiger partial charge in [-0.2, -0.15) is 13.2 Å². The zero-order chi connectivity index (χ0) is 25.5. The number of carbonyl (C=O) groups is 1. The van der Waals surface area contributed by atoms with Crippen LogP contribution in [0.3, 0.4) is 0 Å². The molecule has 0 spiro atoms. The average Bonchev–Trinajstić information content (AvgIpc) is 3.10. The first kappa shape index (κ1) is 25.4. The number of hydrogen-bond acceptors (Lipinski definition) is 5. The number of alkyl halides is 3. The third-order valence-electron chi connectivity index (χ3n) is 5.27. The summed E-state index contributed by atoms with van der Waals surface area (Å²) < 4.78 is 49.3. The van der Waals surface area contributed by atoms with Gasteiger partial charge in [0.15, 0.2) is 10.5 Å². The van der Waals surface area contributed by atoms with Crippen LogP contribution >= 0.6 is 38.9 Å². The molecule has 1 aromatic heterocycles. The van der Waals surface area contributed by atoms with Crippen LogP contribution in [-0.2, 0) is 9.53 Å². The SMILES string of the molecule is CCOC(=O)C1=C(C(F)(F)F)N=c2s/c(=C\c3ccc(C)c(Br)c3)c(=O)n2[C@H]1c1ccc(Cl)cc1. The maximum absolute atomic E-state index is 14.1. The van der Waals surface area contributed by atoms with E-state index >= 15 is 0 Å². The van der Waals surface area contributed by atoms with Crippen LogP contribution < -0.4 is 14.9 Å². The van der Waals surface area contributed by atoms with Crippen molar-refractivity contribution in [3.05, 3.63) is 99.6 Å². The highest BCUT2D eigenvalue weighted by atomic mass is 79.9. The Morgan fingerprint density at radius 1 is 1.26 bits per heavy atom. The Morgan fingerprint density at radius 3 is 2.54 bits per heavy atom. The summed E-state index contributed by atoms with van der Waals surface area (Å²) in [7, 11) is 0. The Labute approximate surface area is 215 Å². The number of esters is 1. The molecule has 35 heavy (non-hydrogen) atoms. The van der Waals surface area contributed by atoms with E-state index in [-0.39, 0.29) is 21.5 Å². The summed E-state index contributed by atoms with van der Waals surface area (Å²) in [5, 5.41) is 0.351. The highest BCUT2D eigenvalue weighted by molar-refractivity contribution is 9.10. The van der Waals surface area contributed by atoms with Crippen LogP contribution in [0.1, 0.15) is 29.7 Å². The van der Waals surface area contributed by atoms with Gasteiger partial charge >= 0.3 is 12.1 Å². The summed E-state index contributed by atoms with van der Waals surface area (Å²) in [6.45, 7) is 3.24. The van der Waals surface area contributed by atoms with Crippen LogP contribution in [0.2, 0.25) is 5.02 Å². The van der Waals surface area contributed by atoms with Crippen LogP contribution in [0, 0.1) is 6.92 Å². The first-order valence-electron chi connectivity index (χ1n) is 10.3. The van der Waals surface area contributed by atoms with E-state index in [1.807, 2.05) is 13.0 Å². The maximum atomic E-state index is 14.1. The minimum absolute atomic E-state index is 0.145. The number of benzene rings is 2. The third kappa shape index (κ3) is 5.00. The van der Waals surface area contributed by atoms with Gasteiger partial charge in [0.05, 0.1) is 22.8 Å². The molecule has 0 radical (unpaired) electrons. The highest BCUT2D eigenvalue weighted by Crippen LogP contribution is 2.38. The molecule has 0 bridgehead atoms. The lowest BCUT2D eigenvalue weighted by molar-refractivity contribution is -0.140. The Balaban J connectivity index is 2.04. The molecule has 0 amide bonds. The second kappa shape index (κ2) is 9.75. The topological polar surface area (TPSA) is 60.7 Å². The van der Waals surface area contributed by atoms with E-state index in [4.69, 9.17) is 16.3 Å². The Bertz CT molecular complexity index is 1530. The van der Waals surface area contributed by atoms with E-state index in [9.17, 15) is 22.8 Å². The molecule has 3 aromatic rings. The van der Waals surface area contributed by atoms with Gasteiger partial charge in [-0.3, -0.25) is 9.36 Å². The monoisotopic (exact) mass is 584 g/mol. The lowest BCUT2D eigenvalue weighted by Gasteiger charge is -2.26. The smallest absolute Gasteiger partial charge is 0.434 e. The van der Waals surface area contributed by atoms with E-state index in [1.54, 1.807) is 18.2 Å². The number of ether oxygens (including phenoxy) is 1. The van der Waals surface area contributed by atoms with Crippen LogP contribution in [-0.4, -0.2) is 23.3 Å². The van der Waals surface area contributed by atoms with Crippen molar-refractivity contribution in [1.29, 1.82) is 0 Å². The fraction of sp³-hybridized carbons (Fsp3) is 0.208. The Morgan fingerprint density at radius 2 is 1.94 bits per heavy atom. The van der Waals surface area contributed by atoms with Gasteiger partial charge < -0.3 is 4.74 Å². The molecular formula is C24H17BrClF3N2O3S. The zero-order valence-corrected chi connectivity index (χ0v) is 21.5. The average molecular weight is 586 g/mol. The summed E-state index contributed by atoms with van der Waals surface area (Å²) >= 11 is 10.2. The largest absolute Gasteiger partial charge is 0.463 e. The molecule has 0 saturated carbocycles. The van der Waals surface area contributed by atoms with E-state index in [1.165, 1.54) is 31.2 Å². The van der Waals surface area contributed by atoms with Crippen molar-refractivity contribution >= 4 is 50.9 Å². The molecule has 2 heterocycles. The van der Waals surface area contributed by atoms with E-state index in [2.05, 4.69) is 20.9 Å². The van der Waals surface area contributed by atoms with Gasteiger partial charge in [0, 0.05) is 9.50 Å². The predicted molar refractivity (Wildman–Crippen MR) is 131 cm³/mol. The lowest BCUT2D eigenvalue weighted by atomic mass is 9.95. The number of hydrogen-bond donors (Lipinski definition) is 0. The number of aromatic nitrogens is 1. The summed E-state index contributed by atoms with van der Waals surface area (Å²) in [5.74, 6) is -1.19. The summed E-state index contributed by atoms with van der Waals surface area (Å²) in [6, 6.07) is 9.95. The molecular weight excluding hydrogens is 569 g/mol. The van der Waals surface area contributed by atoms with Crippen LogP contribution in [0.4, 0.5) is 13.2 Å². The number of nitrogens with zero attached hydrogens (tertiary/aromatic N) is 2. The van der Waals surface area contributed by atoms with Crippen molar-refractivity contribution in [2.45, 2.75) is 26.1 Å². The molecule has 2 aromatic carbocycles. The second-order valence-electron chi connectivity index (χ2n) is 7.62. The number of aryl methyl sites for hydroxylation is 1. The molecule has 5 nitrogen and oxygen atoms in total. The van der Waals surface area contributed by atoms with Crippen molar-refractivity contribution in [3.63, 3.8) is 0 Å². The molecule has 1 aliphatic heterocycles. The number of carbonyl (C=O) groups excluding carboxylic acids is 1. The molecule has 1 aliphatic rings. The fourth-order valence-electron chi connectivity index (χ4n) is 3.65. The van der Waals surface area contributed by atoms with Crippen molar-refractivity contribution in [2.75, 3.05) is 6.61 Å². The Hall–Kier alpha value is -2.69. The molecule has 0 saturated heterocycles. The number of rotatable bonds is 4. The minimum atomic E-state index is -4.95. The molecule has 0 fully saturated rings. The summed E-state index contributed by atoms with van der Waals surface area (Å²) in [6.07, 6.45) is -3.38. The van der Waals surface area contributed by atoms with Gasteiger partial charge in [0.2, 0.25) is 0 Å². The van der Waals surface area contributed by atoms with Crippen molar-refractivity contribution in [1.82, 2.24) is 4.57 Å². The zero-order valence-electron chi connectivity index (χ0n) is 18.3. The first-order chi connectivity index (χ1) is 16.5. The van der Waals surface area contributed by atoms with Gasteiger partial charge in [-0.05, 0) is 54.8 Å². The molecule has 0 unspecified atom stereocenters. The predicted octanol–water partition coefficient (Wildman–Crippen LogP) is 5.07. The van der Waals surface area contributed by atoms with Gasteiger partial charge in [-0.25, -0.2) is 9.79 Å². The van der Waals surface area contributed by atoms with E-state index in [0.29, 0.717) is 10.6 Å². The number of fused-ring (bicyclic) bond motifs is 1. The quantitative estimate of drug-likeness (QED) is 0.402. The molecule has 0 aliphatic carbocycles. The number of thiazole rings is 1. The van der Waals surface area contributed by atoms with Gasteiger partial charge in [0.25, 0.3) is 5.56 Å². The van der Waals surface area contributed by atoms with E-state index < -0.39 is 35.0 Å². The minimum Gasteiger partial charge on any atom is -0.463 e. The highest BCUT2D eigenvalue weighted by Gasteiger charge is 2.45. The third-order valence-corrected chi connectivity index (χ3v) is 7.36. The summed E-state index contributed by atoms with van der Waals surface area (Å²) in [4.78, 5) is 29.9. The number of halogens is 5. The molecule has 1 atom stereocenters. The van der Waals surface area contributed by atoms with Crippen LogP contribution in [0.15, 0.2) is 68.0 Å². The molecule has 0 N–H and O–H groups in total. The molecule has 182 valence electrons. The summed E-state index contributed by atoms with van der Waals surface area (Å²) in [5.41, 5.74) is -0.787. The normalized spacial score (nSPS) is 16.2. The van der Waals surface area contributed by atoms with Gasteiger partial charge in [0.1, 0.15) is 0 Å². The van der Waals surface area contributed by atoms with Gasteiger partial charge in [-0.15, -0.1) is 0 Å². The fourth-order valence-corrected chi connectivity index (χ4v) is 5.17. The standard InChI is InChI=1S/C24H17BrClF3N2O3S/c1-3-34-22(33)18-19(14-6-8-15(26)9-7-14)31-21(32)17(11-13-5-4-12(2)16(25)10-13)35-23(31)30-20(18)24(27,28)29/h4-11,19H,3H2,1-2H3/b17-11-/t19-/m0/s1. The van der Waals surface area contributed by atoms with Gasteiger partial charge in [-0.1, -0.05) is 63.1 Å². The van der Waals surface area contributed by atoms with Crippen molar-refractivity contribution < 1.29 is 22.7 Å². The van der Waals surface area contributed by atoms with Crippen molar-refractivity contribution in [3.8, 4) is 0 Å². The Kier molecular flexibility index (Phi) is 7.08. The lowest BCUT2D eigenvalue weighted by Crippen LogP contribution is -2.41. The first-order valence-corrected chi connectivity index (χ1v) is 12.3. The molecule has 4 rings (SSSR count). The van der Waals surface area contributed by atoms with E-state index in [0.717, 1.165) is 25.9 Å². The maximum Gasteiger partial charge on any atom is 0.434 e. The second-order valence-corrected chi connectivity index (χ2v) is 9.92. The molecule has 11 heteroatoms.